The van der Waals surface area contributed by atoms with Crippen molar-refractivity contribution in [2.24, 2.45) is 5.92 Å². The van der Waals surface area contributed by atoms with Crippen LogP contribution in [0.4, 0.5) is 0 Å². The molecule has 0 amide bonds. The number of hydrogen-bond acceptors (Lipinski definition) is 2. The molecule has 1 heterocycles. The predicted octanol–water partition coefficient (Wildman–Crippen LogP) is 2.57. The summed E-state index contributed by atoms with van der Waals surface area (Å²) in [7, 11) is 0. The monoisotopic (exact) mass is 221 g/mol. The largest absolute Gasteiger partial charge is 0.337 e. The van der Waals surface area contributed by atoms with Crippen molar-refractivity contribution in [3.63, 3.8) is 0 Å². The first-order valence-corrected chi connectivity index (χ1v) is 6.60. The van der Waals surface area contributed by atoms with Gasteiger partial charge in [-0.05, 0) is 31.7 Å². The zero-order valence-electron chi connectivity index (χ0n) is 10.3. The minimum atomic E-state index is 0.894. The number of nitrogens with one attached hydrogen (secondary N) is 1. The maximum atomic E-state index is 4.43. The molecule has 0 aromatic carbocycles. The Hall–Kier alpha value is -0.830. The lowest BCUT2D eigenvalue weighted by atomic mass is 10.1. The molecule has 1 fully saturated rings. The van der Waals surface area contributed by atoms with Gasteiger partial charge in [-0.2, -0.15) is 0 Å². The van der Waals surface area contributed by atoms with Gasteiger partial charge in [0.15, 0.2) is 0 Å². The van der Waals surface area contributed by atoms with Crippen LogP contribution in [-0.4, -0.2) is 16.1 Å². The Morgan fingerprint density at radius 1 is 1.44 bits per heavy atom. The fourth-order valence-electron chi connectivity index (χ4n) is 2.48. The van der Waals surface area contributed by atoms with E-state index in [2.05, 4.69) is 28.0 Å². The molecule has 0 radical (unpaired) electrons. The van der Waals surface area contributed by atoms with Gasteiger partial charge in [-0.15, -0.1) is 0 Å². The van der Waals surface area contributed by atoms with Crippen LogP contribution < -0.4 is 5.32 Å². The summed E-state index contributed by atoms with van der Waals surface area (Å²) in [6, 6.07) is 0. The fourth-order valence-corrected chi connectivity index (χ4v) is 2.48. The Kier molecular flexibility index (Phi) is 4.40. The smallest absolute Gasteiger partial charge is 0.0950 e. The van der Waals surface area contributed by atoms with E-state index in [9.17, 15) is 0 Å². The molecule has 0 atom stereocenters. The number of rotatable bonds is 6. The van der Waals surface area contributed by atoms with Gasteiger partial charge in [0.1, 0.15) is 0 Å². The molecule has 0 bridgehead atoms. The van der Waals surface area contributed by atoms with Gasteiger partial charge in [-0.3, -0.25) is 0 Å². The maximum Gasteiger partial charge on any atom is 0.0950 e. The summed E-state index contributed by atoms with van der Waals surface area (Å²) < 4.78 is 2.26. The number of imidazole rings is 1. The minimum absolute atomic E-state index is 0.894. The average Bonchev–Trinajstić information content (AvgIpc) is 2.91. The highest BCUT2D eigenvalue weighted by Crippen LogP contribution is 2.26. The van der Waals surface area contributed by atoms with Gasteiger partial charge in [0.05, 0.1) is 12.0 Å². The van der Waals surface area contributed by atoms with Crippen LogP contribution in [0.3, 0.4) is 0 Å². The number of nitrogens with zero attached hydrogens (tertiary/aromatic N) is 2. The lowest BCUT2D eigenvalue weighted by molar-refractivity contribution is 0.457. The quantitative estimate of drug-likeness (QED) is 0.748. The first-order valence-electron chi connectivity index (χ1n) is 6.60. The molecule has 2 rings (SSSR count). The van der Waals surface area contributed by atoms with Gasteiger partial charge in [0.2, 0.25) is 0 Å². The highest BCUT2D eigenvalue weighted by molar-refractivity contribution is 4.96. The normalized spacial score (nSPS) is 17.1. The van der Waals surface area contributed by atoms with Crippen molar-refractivity contribution in [1.82, 2.24) is 14.9 Å². The molecule has 1 aliphatic carbocycles. The highest BCUT2D eigenvalue weighted by Gasteiger charge is 2.15. The summed E-state index contributed by atoms with van der Waals surface area (Å²) in [5, 5.41) is 3.38. The zero-order valence-corrected chi connectivity index (χ0v) is 10.3. The first-order chi connectivity index (χ1) is 7.88. The van der Waals surface area contributed by atoms with Gasteiger partial charge < -0.3 is 9.88 Å². The van der Waals surface area contributed by atoms with Crippen LogP contribution in [0.2, 0.25) is 0 Å². The highest BCUT2D eigenvalue weighted by atomic mass is 15.0. The summed E-state index contributed by atoms with van der Waals surface area (Å²) >= 11 is 0. The van der Waals surface area contributed by atoms with Crippen molar-refractivity contribution in [3.05, 3.63) is 18.2 Å². The van der Waals surface area contributed by atoms with Crippen LogP contribution in [0.1, 0.15) is 44.7 Å². The van der Waals surface area contributed by atoms with E-state index < -0.39 is 0 Å². The average molecular weight is 221 g/mol. The Morgan fingerprint density at radius 2 is 2.25 bits per heavy atom. The van der Waals surface area contributed by atoms with Crippen LogP contribution >= 0.6 is 0 Å². The van der Waals surface area contributed by atoms with Crippen molar-refractivity contribution in [1.29, 1.82) is 0 Å². The lowest BCUT2D eigenvalue weighted by Gasteiger charge is -2.08. The van der Waals surface area contributed by atoms with E-state index >= 15 is 0 Å². The zero-order chi connectivity index (χ0) is 11.2. The summed E-state index contributed by atoms with van der Waals surface area (Å²) in [6.45, 7) is 5.34. The third kappa shape index (κ3) is 3.34. The van der Waals surface area contributed by atoms with Crippen molar-refractivity contribution in [2.45, 2.75) is 52.1 Å². The van der Waals surface area contributed by atoms with Crippen LogP contribution in [0, 0.1) is 5.92 Å². The molecule has 16 heavy (non-hydrogen) atoms. The number of aromatic nitrogens is 2. The number of hydrogen-bond donors (Lipinski definition) is 1. The van der Waals surface area contributed by atoms with E-state index in [4.69, 9.17) is 0 Å². The molecule has 1 N–H and O–H groups in total. The third-order valence-electron chi connectivity index (χ3n) is 3.36. The van der Waals surface area contributed by atoms with Crippen LogP contribution in [0.25, 0.3) is 0 Å². The SMILES string of the molecule is CCCNCc1cn(CC2CCCC2)cn1. The van der Waals surface area contributed by atoms with Crippen LogP contribution in [0.15, 0.2) is 12.5 Å². The van der Waals surface area contributed by atoms with Crippen LogP contribution in [-0.2, 0) is 13.1 Å². The summed E-state index contributed by atoms with van der Waals surface area (Å²) in [6.07, 6.45) is 11.0. The molecule has 0 saturated heterocycles. The van der Waals surface area contributed by atoms with E-state index in [0.717, 1.165) is 19.0 Å². The van der Waals surface area contributed by atoms with Gasteiger partial charge in [-0.1, -0.05) is 19.8 Å². The lowest BCUT2D eigenvalue weighted by Crippen LogP contribution is -2.14. The maximum absolute atomic E-state index is 4.43. The van der Waals surface area contributed by atoms with Crippen LogP contribution in [0.5, 0.6) is 0 Å². The van der Waals surface area contributed by atoms with E-state index in [-0.39, 0.29) is 0 Å². The molecule has 1 aliphatic rings. The molecule has 0 aliphatic heterocycles. The van der Waals surface area contributed by atoms with Gasteiger partial charge in [0.25, 0.3) is 0 Å². The van der Waals surface area contributed by atoms with Gasteiger partial charge in [0, 0.05) is 19.3 Å². The van der Waals surface area contributed by atoms with Crippen molar-refractivity contribution >= 4 is 0 Å². The molecule has 90 valence electrons. The second kappa shape index (κ2) is 6.04. The molecule has 3 heteroatoms. The molecule has 3 nitrogen and oxygen atoms in total. The third-order valence-corrected chi connectivity index (χ3v) is 3.36. The fraction of sp³-hybridized carbons (Fsp3) is 0.769. The van der Waals surface area contributed by atoms with Crippen molar-refractivity contribution in [3.8, 4) is 0 Å². The predicted molar refractivity (Wildman–Crippen MR) is 66.2 cm³/mol. The first kappa shape index (κ1) is 11.6. The summed E-state index contributed by atoms with van der Waals surface area (Å²) in [4.78, 5) is 4.43. The van der Waals surface area contributed by atoms with Gasteiger partial charge in [-0.25, -0.2) is 4.98 Å². The molecule has 1 saturated carbocycles. The Labute approximate surface area is 98.3 Å². The summed E-state index contributed by atoms with van der Waals surface area (Å²) in [5.41, 5.74) is 1.17. The Bertz CT molecular complexity index is 300. The van der Waals surface area contributed by atoms with E-state index in [0.29, 0.717) is 0 Å². The second-order valence-electron chi connectivity index (χ2n) is 4.89. The second-order valence-corrected chi connectivity index (χ2v) is 4.89. The molecule has 0 spiro atoms. The molecule has 1 aromatic rings. The van der Waals surface area contributed by atoms with E-state index in [1.807, 2.05) is 6.33 Å². The summed E-state index contributed by atoms with van der Waals surface area (Å²) in [5.74, 6) is 0.894. The van der Waals surface area contributed by atoms with Crippen molar-refractivity contribution in [2.75, 3.05) is 6.54 Å². The standard InChI is InChI=1S/C13H23N3/c1-2-7-14-8-13-10-16(11-15-13)9-12-5-3-4-6-12/h10-12,14H,2-9H2,1H3. The molecular formula is C13H23N3. The Morgan fingerprint density at radius 3 is 3.00 bits per heavy atom. The minimum Gasteiger partial charge on any atom is -0.337 e. The van der Waals surface area contributed by atoms with E-state index in [1.54, 1.807) is 0 Å². The van der Waals surface area contributed by atoms with Gasteiger partial charge >= 0.3 is 0 Å². The Balaban J connectivity index is 1.77. The topological polar surface area (TPSA) is 29.9 Å². The molecule has 0 unspecified atom stereocenters. The molecular weight excluding hydrogens is 198 g/mol. The van der Waals surface area contributed by atoms with Crippen molar-refractivity contribution < 1.29 is 0 Å². The molecule has 1 aromatic heterocycles. The van der Waals surface area contributed by atoms with E-state index in [1.165, 1.54) is 44.3 Å².